The van der Waals surface area contributed by atoms with Crippen LogP contribution in [0.5, 0.6) is 0 Å². The van der Waals surface area contributed by atoms with Crippen molar-refractivity contribution in [1.82, 2.24) is 4.31 Å². The lowest BCUT2D eigenvalue weighted by molar-refractivity contribution is -0.114. The number of carbonyl (C=O) groups excluding carboxylic acids is 1. The monoisotopic (exact) mass is 555 g/mol. The second-order valence-corrected chi connectivity index (χ2v) is 13.5. The van der Waals surface area contributed by atoms with Gasteiger partial charge >= 0.3 is 0 Å². The predicted octanol–water partition coefficient (Wildman–Crippen LogP) is 4.62. The minimum absolute atomic E-state index is 0.0871. The highest BCUT2D eigenvalue weighted by Gasteiger charge is 2.29. The Morgan fingerprint density at radius 2 is 1.37 bits per heavy atom. The number of sulfonamides is 2. The number of piperidine rings is 1. The highest BCUT2D eigenvalue weighted by atomic mass is 32.2. The summed E-state index contributed by atoms with van der Waals surface area (Å²) in [7, 11) is -7.64. The van der Waals surface area contributed by atoms with Gasteiger partial charge in [-0.1, -0.05) is 36.2 Å². The molecule has 0 radical (unpaired) electrons. The van der Waals surface area contributed by atoms with Gasteiger partial charge in [0.15, 0.2) is 0 Å². The molecule has 0 unspecified atom stereocenters. The van der Waals surface area contributed by atoms with Crippen molar-refractivity contribution in [3.05, 3.63) is 83.4 Å². The molecule has 1 heterocycles. The van der Waals surface area contributed by atoms with Crippen molar-refractivity contribution >= 4 is 37.3 Å². The molecule has 0 saturated carbocycles. The topological polar surface area (TPSA) is 104 Å². The Labute approximate surface area is 225 Å². The van der Waals surface area contributed by atoms with Crippen LogP contribution in [0, 0.1) is 20.8 Å². The maximum Gasteiger partial charge on any atom is 0.264 e. The summed E-state index contributed by atoms with van der Waals surface area (Å²) in [4.78, 5) is 13.4. The minimum atomic E-state index is -4.05. The van der Waals surface area contributed by atoms with E-state index in [4.69, 9.17) is 0 Å². The van der Waals surface area contributed by atoms with Crippen LogP contribution in [0.4, 0.5) is 11.4 Å². The average molecular weight is 556 g/mol. The highest BCUT2D eigenvalue weighted by molar-refractivity contribution is 7.92. The molecule has 1 amide bonds. The number of carbonyl (C=O) groups is 1. The molecule has 0 atom stereocenters. The first-order chi connectivity index (χ1) is 18.0. The fraction of sp³-hybridized carbons (Fsp3) is 0.321. The SMILES string of the molecule is Cc1ccc(S(=O)(=O)N(CC(=O)Nc2ccc(S(=O)(=O)N3CCCCC3)cc2)c2cc(C)ccc2C)cc1. The van der Waals surface area contributed by atoms with E-state index in [9.17, 15) is 21.6 Å². The Morgan fingerprint density at radius 3 is 2.00 bits per heavy atom. The summed E-state index contributed by atoms with van der Waals surface area (Å²) in [5.41, 5.74) is 3.29. The number of amides is 1. The van der Waals surface area contributed by atoms with Crippen molar-refractivity contribution in [3.63, 3.8) is 0 Å². The molecule has 10 heteroatoms. The molecule has 1 fully saturated rings. The summed E-state index contributed by atoms with van der Waals surface area (Å²) in [6.07, 6.45) is 2.71. The summed E-state index contributed by atoms with van der Waals surface area (Å²) in [5, 5.41) is 2.71. The van der Waals surface area contributed by atoms with E-state index in [1.165, 1.54) is 40.7 Å². The van der Waals surface area contributed by atoms with Crippen LogP contribution < -0.4 is 9.62 Å². The third-order valence-electron chi connectivity index (χ3n) is 6.62. The molecule has 1 aliphatic heterocycles. The Bertz CT molecular complexity index is 1510. The van der Waals surface area contributed by atoms with Crippen molar-refractivity contribution < 1.29 is 21.6 Å². The normalized spacial score (nSPS) is 14.7. The van der Waals surface area contributed by atoms with Gasteiger partial charge in [0, 0.05) is 18.8 Å². The van der Waals surface area contributed by atoms with Crippen molar-refractivity contribution in [1.29, 1.82) is 0 Å². The fourth-order valence-corrected chi connectivity index (χ4v) is 7.42. The number of aryl methyl sites for hydroxylation is 3. The highest BCUT2D eigenvalue weighted by Crippen LogP contribution is 2.28. The van der Waals surface area contributed by atoms with Crippen molar-refractivity contribution in [2.24, 2.45) is 0 Å². The van der Waals surface area contributed by atoms with Gasteiger partial charge in [-0.2, -0.15) is 4.31 Å². The summed E-state index contributed by atoms with van der Waals surface area (Å²) in [6.45, 7) is 6.09. The molecule has 0 bridgehead atoms. The molecule has 0 spiro atoms. The van der Waals surface area contributed by atoms with Crippen LogP contribution in [0.15, 0.2) is 76.5 Å². The van der Waals surface area contributed by atoms with Crippen LogP contribution >= 0.6 is 0 Å². The van der Waals surface area contributed by atoms with Gasteiger partial charge in [-0.05, 0) is 87.2 Å². The third kappa shape index (κ3) is 6.09. The maximum absolute atomic E-state index is 13.7. The maximum atomic E-state index is 13.7. The summed E-state index contributed by atoms with van der Waals surface area (Å²) < 4.78 is 55.8. The Balaban J connectivity index is 1.57. The zero-order chi connectivity index (χ0) is 27.5. The zero-order valence-corrected chi connectivity index (χ0v) is 23.5. The number of anilines is 2. The van der Waals surface area contributed by atoms with E-state index in [0.29, 0.717) is 30.0 Å². The quantitative estimate of drug-likeness (QED) is 0.437. The molecule has 8 nitrogen and oxygen atoms in total. The molecular weight excluding hydrogens is 522 g/mol. The summed E-state index contributed by atoms with van der Waals surface area (Å²) in [6, 6.07) is 17.9. The number of nitrogens with one attached hydrogen (secondary N) is 1. The molecule has 1 saturated heterocycles. The lowest BCUT2D eigenvalue weighted by Crippen LogP contribution is -2.38. The summed E-state index contributed by atoms with van der Waals surface area (Å²) in [5.74, 6) is -0.548. The molecular formula is C28H33N3O5S2. The minimum Gasteiger partial charge on any atom is -0.325 e. The van der Waals surface area contributed by atoms with E-state index in [1.54, 1.807) is 25.1 Å². The van der Waals surface area contributed by atoms with Gasteiger partial charge in [0.1, 0.15) is 6.54 Å². The van der Waals surface area contributed by atoms with E-state index in [0.717, 1.165) is 34.7 Å². The summed E-state index contributed by atoms with van der Waals surface area (Å²) >= 11 is 0. The van der Waals surface area contributed by atoms with E-state index in [-0.39, 0.29) is 9.79 Å². The number of hydrogen-bond acceptors (Lipinski definition) is 5. The van der Waals surface area contributed by atoms with Crippen LogP contribution in [0.25, 0.3) is 0 Å². The first kappa shape index (κ1) is 27.8. The van der Waals surface area contributed by atoms with Crippen LogP contribution in [0.1, 0.15) is 36.0 Å². The molecule has 0 aromatic heterocycles. The van der Waals surface area contributed by atoms with Gasteiger partial charge < -0.3 is 5.32 Å². The Kier molecular flexibility index (Phi) is 8.25. The molecule has 38 heavy (non-hydrogen) atoms. The molecule has 1 aliphatic rings. The molecule has 1 N–H and O–H groups in total. The van der Waals surface area contributed by atoms with Gasteiger partial charge in [0.25, 0.3) is 10.0 Å². The van der Waals surface area contributed by atoms with Crippen LogP contribution in [-0.2, 0) is 24.8 Å². The van der Waals surface area contributed by atoms with Crippen molar-refractivity contribution in [2.75, 3.05) is 29.3 Å². The average Bonchev–Trinajstić information content (AvgIpc) is 2.90. The fourth-order valence-electron chi connectivity index (χ4n) is 4.42. The molecule has 3 aromatic rings. The van der Waals surface area contributed by atoms with Crippen molar-refractivity contribution in [2.45, 2.75) is 49.8 Å². The zero-order valence-electron chi connectivity index (χ0n) is 21.8. The van der Waals surface area contributed by atoms with Crippen LogP contribution in [0.3, 0.4) is 0 Å². The smallest absolute Gasteiger partial charge is 0.264 e. The van der Waals surface area contributed by atoms with Gasteiger partial charge in [-0.3, -0.25) is 9.10 Å². The van der Waals surface area contributed by atoms with E-state index < -0.39 is 32.5 Å². The lowest BCUT2D eigenvalue weighted by atomic mass is 10.1. The van der Waals surface area contributed by atoms with E-state index >= 15 is 0 Å². The van der Waals surface area contributed by atoms with Crippen LogP contribution in [-0.4, -0.2) is 46.7 Å². The lowest BCUT2D eigenvalue weighted by Gasteiger charge is -2.26. The Morgan fingerprint density at radius 1 is 0.789 bits per heavy atom. The predicted molar refractivity (Wildman–Crippen MR) is 149 cm³/mol. The van der Waals surface area contributed by atoms with Crippen molar-refractivity contribution in [3.8, 4) is 0 Å². The van der Waals surface area contributed by atoms with Gasteiger partial charge in [-0.25, -0.2) is 16.8 Å². The standard InChI is InChI=1S/C28H33N3O5S2/c1-21-8-13-26(14-9-21)38(35,36)31(27-19-22(2)7-10-23(27)3)20-28(32)29-24-11-15-25(16-12-24)37(33,34)30-17-5-4-6-18-30/h7-16,19H,4-6,17-18,20H2,1-3H3,(H,29,32). The molecule has 4 rings (SSSR count). The Hall–Kier alpha value is -3.21. The number of rotatable bonds is 8. The molecule has 0 aliphatic carbocycles. The van der Waals surface area contributed by atoms with E-state index in [1.807, 2.05) is 26.0 Å². The number of nitrogens with zero attached hydrogens (tertiary/aromatic N) is 2. The molecule has 3 aromatic carbocycles. The second-order valence-electron chi connectivity index (χ2n) is 9.65. The second kappa shape index (κ2) is 11.3. The first-order valence-corrected chi connectivity index (χ1v) is 15.4. The van der Waals surface area contributed by atoms with Gasteiger partial charge in [-0.15, -0.1) is 0 Å². The molecule has 202 valence electrons. The third-order valence-corrected chi connectivity index (χ3v) is 10.3. The van der Waals surface area contributed by atoms with E-state index in [2.05, 4.69) is 5.32 Å². The number of hydrogen-bond donors (Lipinski definition) is 1. The number of benzene rings is 3. The van der Waals surface area contributed by atoms with Crippen LogP contribution in [0.2, 0.25) is 0 Å². The van der Waals surface area contributed by atoms with Gasteiger partial charge in [0.05, 0.1) is 15.5 Å². The largest absolute Gasteiger partial charge is 0.325 e. The first-order valence-electron chi connectivity index (χ1n) is 12.6. The van der Waals surface area contributed by atoms with Gasteiger partial charge in [0.2, 0.25) is 15.9 Å².